The summed E-state index contributed by atoms with van der Waals surface area (Å²) in [6.07, 6.45) is 4.47. The zero-order chi connectivity index (χ0) is 22.6. The number of benzene rings is 3. The number of carbonyl (C=O) groups is 1. The minimum absolute atomic E-state index is 0.154. The van der Waals surface area contributed by atoms with Gasteiger partial charge in [0.1, 0.15) is 12.4 Å². The Morgan fingerprint density at radius 2 is 1.73 bits per heavy atom. The standard InChI is InChI=1S/C29H24N2O2/c1-20-5-9-22(10-6-20)23-11-14-28-24(17-23)18-25(19-33-28)29(32)31-26-12-7-21(8-13-26)16-27-4-2-3-15-30-27/h2-15,17-18H,16,19H2,1H3,(H,31,32). The molecule has 0 fully saturated rings. The number of rotatable bonds is 5. The molecule has 2 heterocycles. The summed E-state index contributed by atoms with van der Waals surface area (Å²) in [7, 11) is 0. The van der Waals surface area contributed by atoms with Gasteiger partial charge < -0.3 is 10.1 Å². The van der Waals surface area contributed by atoms with E-state index in [4.69, 9.17) is 4.74 Å². The molecule has 1 N–H and O–H groups in total. The predicted molar refractivity (Wildman–Crippen MR) is 132 cm³/mol. The van der Waals surface area contributed by atoms with E-state index in [1.807, 2.05) is 54.6 Å². The van der Waals surface area contributed by atoms with Crippen LogP contribution in [0, 0.1) is 6.92 Å². The molecule has 0 radical (unpaired) electrons. The Balaban J connectivity index is 1.29. The van der Waals surface area contributed by atoms with Crippen LogP contribution in [0.3, 0.4) is 0 Å². The summed E-state index contributed by atoms with van der Waals surface area (Å²) in [5.74, 6) is 0.639. The number of hydrogen-bond acceptors (Lipinski definition) is 3. The molecule has 4 aromatic rings. The smallest absolute Gasteiger partial charge is 0.255 e. The third-order valence-corrected chi connectivity index (χ3v) is 5.72. The zero-order valence-electron chi connectivity index (χ0n) is 18.4. The summed E-state index contributed by atoms with van der Waals surface area (Å²) in [5, 5.41) is 2.98. The molecule has 162 valence electrons. The number of fused-ring (bicyclic) bond motifs is 1. The molecule has 1 amide bonds. The van der Waals surface area contributed by atoms with Crippen molar-refractivity contribution >= 4 is 17.7 Å². The SMILES string of the molecule is Cc1ccc(-c2ccc3c(c2)C=C(C(=O)Nc2ccc(Cc4ccccn4)cc2)CO3)cc1. The summed E-state index contributed by atoms with van der Waals surface area (Å²) in [4.78, 5) is 17.2. The zero-order valence-corrected chi connectivity index (χ0v) is 18.4. The van der Waals surface area contributed by atoms with Gasteiger partial charge in [-0.05, 0) is 66.1 Å². The van der Waals surface area contributed by atoms with Crippen molar-refractivity contribution in [1.29, 1.82) is 0 Å². The van der Waals surface area contributed by atoms with Crippen molar-refractivity contribution in [3.8, 4) is 16.9 Å². The molecular formula is C29H24N2O2. The van der Waals surface area contributed by atoms with Gasteiger partial charge in [-0.3, -0.25) is 9.78 Å². The van der Waals surface area contributed by atoms with Crippen molar-refractivity contribution in [1.82, 2.24) is 4.98 Å². The van der Waals surface area contributed by atoms with E-state index in [-0.39, 0.29) is 12.5 Å². The normalized spacial score (nSPS) is 12.3. The largest absolute Gasteiger partial charge is 0.488 e. The highest BCUT2D eigenvalue weighted by Crippen LogP contribution is 2.31. The fourth-order valence-corrected chi connectivity index (χ4v) is 3.86. The molecule has 0 aliphatic carbocycles. The van der Waals surface area contributed by atoms with Gasteiger partial charge in [0.05, 0.1) is 5.57 Å². The predicted octanol–water partition coefficient (Wildman–Crippen LogP) is 6.06. The average molecular weight is 433 g/mol. The molecule has 0 saturated carbocycles. The van der Waals surface area contributed by atoms with E-state index in [2.05, 4.69) is 53.6 Å². The first kappa shape index (κ1) is 20.7. The van der Waals surface area contributed by atoms with E-state index in [1.54, 1.807) is 6.20 Å². The van der Waals surface area contributed by atoms with Gasteiger partial charge in [0.25, 0.3) is 5.91 Å². The number of anilines is 1. The van der Waals surface area contributed by atoms with E-state index >= 15 is 0 Å². The van der Waals surface area contributed by atoms with Gasteiger partial charge in [-0.15, -0.1) is 0 Å². The molecule has 1 aliphatic rings. The van der Waals surface area contributed by atoms with Crippen molar-refractivity contribution in [2.45, 2.75) is 13.3 Å². The second-order valence-corrected chi connectivity index (χ2v) is 8.23. The lowest BCUT2D eigenvalue weighted by molar-refractivity contribution is -0.113. The van der Waals surface area contributed by atoms with Crippen LogP contribution >= 0.6 is 0 Å². The van der Waals surface area contributed by atoms with Crippen LogP contribution in [0.2, 0.25) is 0 Å². The minimum Gasteiger partial charge on any atom is -0.488 e. The quantitative estimate of drug-likeness (QED) is 0.417. The fourth-order valence-electron chi connectivity index (χ4n) is 3.86. The van der Waals surface area contributed by atoms with Gasteiger partial charge in [0.2, 0.25) is 0 Å². The number of carbonyl (C=O) groups excluding carboxylic acids is 1. The fraction of sp³-hybridized carbons (Fsp3) is 0.103. The molecule has 0 bridgehead atoms. The van der Waals surface area contributed by atoms with Crippen LogP contribution in [0.25, 0.3) is 17.2 Å². The van der Waals surface area contributed by atoms with Crippen molar-refractivity contribution in [2.75, 3.05) is 11.9 Å². The second-order valence-electron chi connectivity index (χ2n) is 8.23. The maximum absolute atomic E-state index is 12.9. The number of aromatic nitrogens is 1. The van der Waals surface area contributed by atoms with E-state index in [9.17, 15) is 4.79 Å². The number of nitrogens with one attached hydrogen (secondary N) is 1. The topological polar surface area (TPSA) is 51.2 Å². The first-order valence-electron chi connectivity index (χ1n) is 11.0. The van der Waals surface area contributed by atoms with E-state index in [0.29, 0.717) is 5.57 Å². The Morgan fingerprint density at radius 1 is 0.939 bits per heavy atom. The molecule has 5 rings (SSSR count). The molecule has 1 aliphatic heterocycles. The molecule has 3 aromatic carbocycles. The maximum Gasteiger partial charge on any atom is 0.255 e. The summed E-state index contributed by atoms with van der Waals surface area (Å²) in [6, 6.07) is 28.3. The monoisotopic (exact) mass is 432 g/mol. The Kier molecular flexibility index (Phi) is 5.73. The number of nitrogens with zero attached hydrogens (tertiary/aromatic N) is 1. The van der Waals surface area contributed by atoms with Gasteiger partial charge in [-0.25, -0.2) is 0 Å². The summed E-state index contributed by atoms with van der Waals surface area (Å²) >= 11 is 0. The Hall–Kier alpha value is -4.18. The third-order valence-electron chi connectivity index (χ3n) is 5.72. The van der Waals surface area contributed by atoms with Crippen LogP contribution in [0.4, 0.5) is 5.69 Å². The Labute approximate surface area is 193 Å². The number of pyridine rings is 1. The molecule has 0 atom stereocenters. The van der Waals surface area contributed by atoms with Crippen LogP contribution in [-0.2, 0) is 11.2 Å². The van der Waals surface area contributed by atoms with Crippen molar-refractivity contribution in [3.05, 3.63) is 119 Å². The molecule has 1 aromatic heterocycles. The highest BCUT2D eigenvalue weighted by molar-refractivity contribution is 6.07. The molecule has 0 spiro atoms. The van der Waals surface area contributed by atoms with Crippen molar-refractivity contribution in [2.24, 2.45) is 0 Å². The van der Waals surface area contributed by atoms with Gasteiger partial charge in [-0.2, -0.15) is 0 Å². The summed E-state index contributed by atoms with van der Waals surface area (Å²) in [6.45, 7) is 2.33. The van der Waals surface area contributed by atoms with Crippen LogP contribution in [0.15, 0.2) is 96.7 Å². The van der Waals surface area contributed by atoms with Crippen LogP contribution < -0.4 is 10.1 Å². The van der Waals surface area contributed by atoms with Gasteiger partial charge in [-0.1, -0.05) is 54.1 Å². The molecule has 4 nitrogen and oxygen atoms in total. The summed E-state index contributed by atoms with van der Waals surface area (Å²) in [5.41, 5.74) is 7.88. The first-order valence-corrected chi connectivity index (χ1v) is 11.0. The molecule has 0 unspecified atom stereocenters. The van der Waals surface area contributed by atoms with E-state index in [1.165, 1.54) is 5.56 Å². The number of hydrogen-bond donors (Lipinski definition) is 1. The Bertz CT molecular complexity index is 1310. The second kappa shape index (κ2) is 9.13. The van der Waals surface area contributed by atoms with Crippen LogP contribution in [-0.4, -0.2) is 17.5 Å². The summed E-state index contributed by atoms with van der Waals surface area (Å²) < 4.78 is 5.85. The molecule has 4 heteroatoms. The molecule has 0 saturated heterocycles. The van der Waals surface area contributed by atoms with E-state index < -0.39 is 0 Å². The number of amides is 1. The highest BCUT2D eigenvalue weighted by atomic mass is 16.5. The molecular weight excluding hydrogens is 408 g/mol. The van der Waals surface area contributed by atoms with Crippen molar-refractivity contribution in [3.63, 3.8) is 0 Å². The van der Waals surface area contributed by atoms with Gasteiger partial charge in [0.15, 0.2) is 0 Å². The first-order chi connectivity index (χ1) is 16.1. The lowest BCUT2D eigenvalue weighted by atomic mass is 9.99. The van der Waals surface area contributed by atoms with Gasteiger partial charge in [0, 0.05) is 29.6 Å². The number of ether oxygens (including phenoxy) is 1. The van der Waals surface area contributed by atoms with Gasteiger partial charge >= 0.3 is 0 Å². The Morgan fingerprint density at radius 3 is 2.48 bits per heavy atom. The molecule has 33 heavy (non-hydrogen) atoms. The maximum atomic E-state index is 12.9. The van der Waals surface area contributed by atoms with Crippen molar-refractivity contribution < 1.29 is 9.53 Å². The highest BCUT2D eigenvalue weighted by Gasteiger charge is 2.18. The number of aryl methyl sites for hydroxylation is 1. The third kappa shape index (κ3) is 4.85. The lowest BCUT2D eigenvalue weighted by Gasteiger charge is -2.19. The van der Waals surface area contributed by atoms with E-state index in [0.717, 1.165) is 45.8 Å². The van der Waals surface area contributed by atoms with Crippen LogP contribution in [0.1, 0.15) is 22.4 Å². The average Bonchev–Trinajstić information content (AvgIpc) is 2.85. The van der Waals surface area contributed by atoms with Crippen LogP contribution in [0.5, 0.6) is 5.75 Å². The minimum atomic E-state index is -0.154. The lowest BCUT2D eigenvalue weighted by Crippen LogP contribution is -2.21.